The van der Waals surface area contributed by atoms with Crippen LogP contribution in [0, 0.1) is 0 Å². The molecule has 0 spiro atoms. The van der Waals surface area contributed by atoms with E-state index >= 15 is 0 Å². The molecule has 0 bridgehead atoms. The average Bonchev–Trinajstić information content (AvgIpc) is 3.11. The average molecular weight is 272 g/mol. The smallest absolute Gasteiger partial charge is 0.256 e. The van der Waals surface area contributed by atoms with E-state index in [-0.39, 0.29) is 11.7 Å². The van der Waals surface area contributed by atoms with Gasteiger partial charge in [0.15, 0.2) is 0 Å². The van der Waals surface area contributed by atoms with E-state index in [1.165, 1.54) is 17.4 Å². The van der Waals surface area contributed by atoms with Gasteiger partial charge < -0.3 is 0 Å². The summed E-state index contributed by atoms with van der Waals surface area (Å²) in [5.74, 6) is 0. The summed E-state index contributed by atoms with van der Waals surface area (Å²) in [5.41, 5.74) is 3.47. The predicted molar refractivity (Wildman–Crippen MR) is 77.9 cm³/mol. The Hall–Kier alpha value is -1.62. The summed E-state index contributed by atoms with van der Waals surface area (Å²) < 4.78 is 3.81. The third kappa shape index (κ3) is 1.59. The molecule has 0 amide bonds. The zero-order valence-corrected chi connectivity index (χ0v) is 11.9. The molecule has 0 unspecified atom stereocenters. The Morgan fingerprint density at radius 2 is 2.05 bits per heavy atom. The molecule has 1 aliphatic carbocycles. The highest BCUT2D eigenvalue weighted by atomic mass is 16.1. The Labute approximate surface area is 117 Å². The van der Waals surface area contributed by atoms with Crippen LogP contribution in [-0.2, 0) is 19.9 Å². The molecule has 1 N–H and O–H groups in total. The van der Waals surface area contributed by atoms with E-state index < -0.39 is 0 Å². The van der Waals surface area contributed by atoms with E-state index in [0.29, 0.717) is 0 Å². The van der Waals surface area contributed by atoms with Crippen molar-refractivity contribution in [3.05, 3.63) is 27.7 Å². The molecule has 0 aromatic carbocycles. The topological polar surface area (TPSA) is 51.9 Å². The van der Waals surface area contributed by atoms with Gasteiger partial charge in [0, 0.05) is 18.0 Å². The lowest BCUT2D eigenvalue weighted by Crippen LogP contribution is -2.35. The summed E-state index contributed by atoms with van der Waals surface area (Å²) in [6.07, 6.45) is 8.48. The van der Waals surface area contributed by atoms with Crippen molar-refractivity contribution in [2.45, 2.75) is 44.7 Å². The van der Waals surface area contributed by atoms with Gasteiger partial charge in [-0.2, -0.15) is 5.10 Å². The van der Waals surface area contributed by atoms with Crippen LogP contribution in [0.15, 0.2) is 11.0 Å². The largest absolute Gasteiger partial charge is 0.297 e. The zero-order chi connectivity index (χ0) is 13.7. The van der Waals surface area contributed by atoms with Crippen molar-refractivity contribution in [2.24, 2.45) is 7.05 Å². The van der Waals surface area contributed by atoms with Gasteiger partial charge in [0.2, 0.25) is 0 Å². The van der Waals surface area contributed by atoms with E-state index in [4.69, 9.17) is 0 Å². The first kappa shape index (κ1) is 12.1. The summed E-state index contributed by atoms with van der Waals surface area (Å²) in [5, 5.41) is 9.03. The molecule has 0 saturated carbocycles. The maximum Gasteiger partial charge on any atom is 0.256 e. The molecule has 3 heterocycles. The molecule has 5 heteroatoms. The second-order valence-electron chi connectivity index (χ2n) is 5.96. The normalized spacial score (nSPS) is 22.4. The molecular weight excluding hydrogens is 252 g/mol. The van der Waals surface area contributed by atoms with Crippen molar-refractivity contribution >= 4 is 11.0 Å². The first-order valence-corrected chi connectivity index (χ1v) is 7.58. The molecular formula is C15H20N4O. The molecule has 2 aromatic heterocycles. The molecule has 1 atom stereocenters. The lowest BCUT2D eigenvalue weighted by Gasteiger charge is -2.22. The van der Waals surface area contributed by atoms with Crippen molar-refractivity contribution in [3.63, 3.8) is 0 Å². The van der Waals surface area contributed by atoms with Crippen LogP contribution in [0.3, 0.4) is 0 Å². The summed E-state index contributed by atoms with van der Waals surface area (Å²) in [6, 6.07) is 0. The Morgan fingerprint density at radius 3 is 2.80 bits per heavy atom. The summed E-state index contributed by atoms with van der Waals surface area (Å²) in [4.78, 5) is 12.9. The van der Waals surface area contributed by atoms with E-state index in [1.54, 1.807) is 0 Å². The van der Waals surface area contributed by atoms with Crippen molar-refractivity contribution in [3.8, 4) is 0 Å². The van der Waals surface area contributed by atoms with E-state index in [0.717, 1.165) is 49.9 Å². The lowest BCUT2D eigenvalue weighted by atomic mass is 9.91. The molecule has 4 rings (SSSR count). The molecule has 2 aliphatic rings. The van der Waals surface area contributed by atoms with Crippen molar-refractivity contribution < 1.29 is 0 Å². The summed E-state index contributed by atoms with van der Waals surface area (Å²) >= 11 is 0. The van der Waals surface area contributed by atoms with Crippen LogP contribution in [0.1, 0.15) is 43.0 Å². The second kappa shape index (κ2) is 4.45. The number of aromatic nitrogens is 3. The van der Waals surface area contributed by atoms with E-state index in [1.807, 2.05) is 22.5 Å². The highest BCUT2D eigenvalue weighted by molar-refractivity contribution is 5.80. The molecule has 1 fully saturated rings. The number of hydrogen-bond donors (Lipinski definition) is 1. The first-order valence-electron chi connectivity index (χ1n) is 7.58. The predicted octanol–water partition coefficient (Wildman–Crippen LogP) is 1.50. The van der Waals surface area contributed by atoms with Gasteiger partial charge in [-0.05, 0) is 50.6 Å². The van der Waals surface area contributed by atoms with Gasteiger partial charge in [0.25, 0.3) is 5.56 Å². The van der Waals surface area contributed by atoms with Gasteiger partial charge in [-0.1, -0.05) is 0 Å². The monoisotopic (exact) mass is 272 g/mol. The number of pyridine rings is 1. The van der Waals surface area contributed by atoms with Gasteiger partial charge in [0.05, 0.1) is 12.4 Å². The van der Waals surface area contributed by atoms with Crippen LogP contribution in [0.4, 0.5) is 0 Å². The van der Waals surface area contributed by atoms with Crippen LogP contribution in [0.2, 0.25) is 0 Å². The second-order valence-corrected chi connectivity index (χ2v) is 5.96. The number of hydrogen-bond acceptors (Lipinski definition) is 3. The number of fused-ring (bicyclic) bond motifs is 3. The molecule has 20 heavy (non-hydrogen) atoms. The third-order valence-electron chi connectivity index (χ3n) is 4.75. The minimum atomic E-state index is 0.132. The van der Waals surface area contributed by atoms with Crippen LogP contribution >= 0.6 is 0 Å². The van der Waals surface area contributed by atoms with Gasteiger partial charge in [-0.15, -0.1) is 0 Å². The standard InChI is InChI=1S/C15H20N4O/c1-18-14-12(9-17-18)10-5-2-3-6-11(10)15(20)19(14)13-7-4-8-16-13/h9,13,16H,2-8H2,1H3/t13-/m0/s1. The Kier molecular flexibility index (Phi) is 2.70. The zero-order valence-electron chi connectivity index (χ0n) is 11.9. The van der Waals surface area contributed by atoms with Crippen LogP contribution in [0.5, 0.6) is 0 Å². The third-order valence-corrected chi connectivity index (χ3v) is 4.75. The first-order chi connectivity index (χ1) is 9.77. The number of rotatable bonds is 1. The van der Waals surface area contributed by atoms with Gasteiger partial charge in [-0.3, -0.25) is 19.4 Å². The van der Waals surface area contributed by atoms with Crippen LogP contribution < -0.4 is 10.9 Å². The maximum absolute atomic E-state index is 12.9. The van der Waals surface area contributed by atoms with Gasteiger partial charge >= 0.3 is 0 Å². The maximum atomic E-state index is 12.9. The Morgan fingerprint density at radius 1 is 1.25 bits per heavy atom. The minimum Gasteiger partial charge on any atom is -0.297 e. The molecule has 106 valence electrons. The minimum absolute atomic E-state index is 0.132. The van der Waals surface area contributed by atoms with Crippen molar-refractivity contribution in [1.82, 2.24) is 19.7 Å². The van der Waals surface area contributed by atoms with E-state index in [9.17, 15) is 4.79 Å². The van der Waals surface area contributed by atoms with Crippen LogP contribution in [-0.4, -0.2) is 20.9 Å². The molecule has 0 radical (unpaired) electrons. The summed E-state index contributed by atoms with van der Waals surface area (Å²) in [6.45, 7) is 0.994. The molecule has 5 nitrogen and oxygen atoms in total. The SMILES string of the molecule is Cn1ncc2c3c(c(=O)n([C@H]4CCCN4)c21)CCCC3. The fourth-order valence-electron chi connectivity index (χ4n) is 3.79. The summed E-state index contributed by atoms with van der Waals surface area (Å²) in [7, 11) is 1.93. The van der Waals surface area contributed by atoms with Gasteiger partial charge in [-0.25, -0.2) is 0 Å². The van der Waals surface area contributed by atoms with Crippen molar-refractivity contribution in [1.29, 1.82) is 0 Å². The Bertz CT molecular complexity index is 722. The molecule has 1 saturated heterocycles. The number of nitrogens with zero attached hydrogens (tertiary/aromatic N) is 3. The fraction of sp³-hybridized carbons (Fsp3) is 0.600. The highest BCUT2D eigenvalue weighted by Crippen LogP contribution is 2.29. The van der Waals surface area contributed by atoms with Gasteiger partial charge in [0.1, 0.15) is 5.65 Å². The highest BCUT2D eigenvalue weighted by Gasteiger charge is 2.26. The quantitative estimate of drug-likeness (QED) is 0.856. The van der Waals surface area contributed by atoms with Crippen molar-refractivity contribution in [2.75, 3.05) is 6.54 Å². The fourth-order valence-corrected chi connectivity index (χ4v) is 3.79. The lowest BCUT2D eigenvalue weighted by molar-refractivity contribution is 0.457. The number of nitrogens with one attached hydrogen (secondary N) is 1. The molecule has 1 aliphatic heterocycles. The molecule has 2 aromatic rings. The van der Waals surface area contributed by atoms with E-state index in [2.05, 4.69) is 10.4 Å². The number of aryl methyl sites for hydroxylation is 2. The van der Waals surface area contributed by atoms with Crippen LogP contribution in [0.25, 0.3) is 11.0 Å². The Balaban J connectivity index is 2.08.